The van der Waals surface area contributed by atoms with Gasteiger partial charge in [-0.15, -0.1) is 0 Å². The molecular formula is C16H13FO. The molecule has 0 heterocycles. The summed E-state index contributed by atoms with van der Waals surface area (Å²) >= 11 is 0. The topological polar surface area (TPSA) is 17.1 Å². The van der Waals surface area contributed by atoms with Gasteiger partial charge < -0.3 is 0 Å². The molecule has 0 aliphatic carbocycles. The normalized spacial score (nSPS) is 10.8. The molecule has 90 valence electrons. The summed E-state index contributed by atoms with van der Waals surface area (Å²) in [6, 6.07) is 12.3. The summed E-state index contributed by atoms with van der Waals surface area (Å²) < 4.78 is 13.2. The molecule has 2 aromatic rings. The molecule has 0 fully saturated rings. The lowest BCUT2D eigenvalue weighted by Gasteiger charge is -1.98. The largest absolute Gasteiger partial charge is 0.298 e. The van der Waals surface area contributed by atoms with Gasteiger partial charge in [-0.3, -0.25) is 4.79 Å². The molecule has 0 saturated heterocycles. The van der Waals surface area contributed by atoms with Gasteiger partial charge in [0.1, 0.15) is 12.1 Å². The Bertz CT molecular complexity index is 583. The van der Waals surface area contributed by atoms with Crippen molar-refractivity contribution in [1.82, 2.24) is 0 Å². The molecule has 0 N–H and O–H groups in total. The Labute approximate surface area is 106 Å². The van der Waals surface area contributed by atoms with Gasteiger partial charge in [-0.2, -0.15) is 0 Å². The first kappa shape index (κ1) is 12.2. The van der Waals surface area contributed by atoms with Gasteiger partial charge >= 0.3 is 0 Å². The molecule has 0 spiro atoms. The standard InChI is InChI=1S/C16H13FO/c1-12-2-4-13(5-3-12)6-7-14-8-15(11-18)10-16(17)9-14/h2-11H,1H3/b7-6+. The van der Waals surface area contributed by atoms with Crippen molar-refractivity contribution >= 4 is 18.4 Å². The Kier molecular flexibility index (Phi) is 3.68. The van der Waals surface area contributed by atoms with Crippen molar-refractivity contribution in [3.8, 4) is 0 Å². The summed E-state index contributed by atoms with van der Waals surface area (Å²) in [4.78, 5) is 10.6. The molecule has 0 radical (unpaired) electrons. The molecule has 2 aromatic carbocycles. The van der Waals surface area contributed by atoms with Gasteiger partial charge in [0.2, 0.25) is 0 Å². The first-order valence-electron chi connectivity index (χ1n) is 5.68. The first-order valence-corrected chi connectivity index (χ1v) is 5.68. The number of rotatable bonds is 3. The lowest BCUT2D eigenvalue weighted by molar-refractivity contribution is 0.112. The quantitative estimate of drug-likeness (QED) is 0.582. The van der Waals surface area contributed by atoms with Gasteiger partial charge in [-0.25, -0.2) is 4.39 Å². The van der Waals surface area contributed by atoms with Crippen LogP contribution < -0.4 is 0 Å². The number of hydrogen-bond donors (Lipinski definition) is 0. The van der Waals surface area contributed by atoms with E-state index in [0.717, 1.165) is 5.56 Å². The van der Waals surface area contributed by atoms with Crippen LogP contribution in [-0.4, -0.2) is 6.29 Å². The minimum absolute atomic E-state index is 0.346. The van der Waals surface area contributed by atoms with E-state index in [9.17, 15) is 9.18 Å². The van der Waals surface area contributed by atoms with Gasteiger partial charge in [-0.05, 0) is 36.2 Å². The fraction of sp³-hybridized carbons (Fsp3) is 0.0625. The van der Waals surface area contributed by atoms with Gasteiger partial charge in [0, 0.05) is 5.56 Å². The van der Waals surface area contributed by atoms with Crippen molar-refractivity contribution in [2.45, 2.75) is 6.92 Å². The molecule has 2 heteroatoms. The predicted molar refractivity (Wildman–Crippen MR) is 71.9 cm³/mol. The third kappa shape index (κ3) is 3.14. The molecule has 0 unspecified atom stereocenters. The molecule has 0 aliphatic rings. The van der Waals surface area contributed by atoms with E-state index in [1.54, 1.807) is 12.1 Å². The monoisotopic (exact) mass is 240 g/mol. The summed E-state index contributed by atoms with van der Waals surface area (Å²) in [6.45, 7) is 2.02. The van der Waals surface area contributed by atoms with Gasteiger partial charge in [0.25, 0.3) is 0 Å². The zero-order chi connectivity index (χ0) is 13.0. The average Bonchev–Trinajstić information content (AvgIpc) is 2.37. The zero-order valence-corrected chi connectivity index (χ0v) is 10.1. The molecular weight excluding hydrogens is 227 g/mol. The highest BCUT2D eigenvalue weighted by atomic mass is 19.1. The maximum atomic E-state index is 13.2. The highest BCUT2D eigenvalue weighted by Crippen LogP contribution is 2.12. The van der Waals surface area contributed by atoms with Crippen LogP contribution in [0, 0.1) is 12.7 Å². The van der Waals surface area contributed by atoms with Gasteiger partial charge in [0.15, 0.2) is 0 Å². The van der Waals surface area contributed by atoms with Crippen LogP contribution in [0.15, 0.2) is 42.5 Å². The molecule has 0 aliphatic heterocycles. The second kappa shape index (κ2) is 5.41. The van der Waals surface area contributed by atoms with E-state index in [1.807, 2.05) is 37.3 Å². The fourth-order valence-corrected chi connectivity index (χ4v) is 1.67. The SMILES string of the molecule is Cc1ccc(/C=C/c2cc(F)cc(C=O)c2)cc1. The van der Waals surface area contributed by atoms with Crippen LogP contribution >= 0.6 is 0 Å². The van der Waals surface area contributed by atoms with E-state index in [0.29, 0.717) is 17.4 Å². The van der Waals surface area contributed by atoms with Crippen molar-refractivity contribution in [3.05, 3.63) is 70.5 Å². The van der Waals surface area contributed by atoms with E-state index in [1.165, 1.54) is 17.7 Å². The molecule has 0 aromatic heterocycles. The number of aryl methyl sites for hydroxylation is 1. The summed E-state index contributed by atoms with van der Waals surface area (Å²) in [5.74, 6) is -0.400. The smallest absolute Gasteiger partial charge is 0.150 e. The van der Waals surface area contributed by atoms with Crippen molar-refractivity contribution in [1.29, 1.82) is 0 Å². The molecule has 0 saturated carbocycles. The summed E-state index contributed by atoms with van der Waals surface area (Å²) in [5, 5.41) is 0. The van der Waals surface area contributed by atoms with E-state index in [4.69, 9.17) is 0 Å². The zero-order valence-electron chi connectivity index (χ0n) is 10.1. The Balaban J connectivity index is 2.25. The van der Waals surface area contributed by atoms with Gasteiger partial charge in [0.05, 0.1) is 0 Å². The fourth-order valence-electron chi connectivity index (χ4n) is 1.67. The van der Waals surface area contributed by atoms with Crippen LogP contribution in [-0.2, 0) is 0 Å². The Morgan fingerprint density at radius 1 is 0.889 bits per heavy atom. The minimum atomic E-state index is -0.400. The van der Waals surface area contributed by atoms with Crippen LogP contribution in [0.1, 0.15) is 27.0 Å². The number of aldehydes is 1. The van der Waals surface area contributed by atoms with Gasteiger partial charge in [-0.1, -0.05) is 42.0 Å². The highest BCUT2D eigenvalue weighted by molar-refractivity contribution is 5.78. The number of hydrogen-bond acceptors (Lipinski definition) is 1. The molecule has 18 heavy (non-hydrogen) atoms. The maximum absolute atomic E-state index is 13.2. The maximum Gasteiger partial charge on any atom is 0.150 e. The molecule has 0 atom stereocenters. The van der Waals surface area contributed by atoms with Crippen molar-refractivity contribution in [3.63, 3.8) is 0 Å². The van der Waals surface area contributed by atoms with Crippen LogP contribution in [0.25, 0.3) is 12.2 Å². The number of benzene rings is 2. The molecule has 2 rings (SSSR count). The highest BCUT2D eigenvalue weighted by Gasteiger charge is 1.97. The Morgan fingerprint density at radius 3 is 2.17 bits per heavy atom. The summed E-state index contributed by atoms with van der Waals surface area (Å²) in [6.07, 6.45) is 4.33. The second-order valence-electron chi connectivity index (χ2n) is 4.18. The van der Waals surface area contributed by atoms with E-state index in [2.05, 4.69) is 0 Å². The lowest BCUT2D eigenvalue weighted by atomic mass is 10.1. The molecule has 0 amide bonds. The minimum Gasteiger partial charge on any atom is -0.298 e. The average molecular weight is 240 g/mol. The summed E-state index contributed by atoms with van der Waals surface area (Å²) in [5.41, 5.74) is 3.26. The Morgan fingerprint density at radius 2 is 1.50 bits per heavy atom. The van der Waals surface area contributed by atoms with Crippen LogP contribution in [0.4, 0.5) is 4.39 Å². The molecule has 1 nitrogen and oxygen atoms in total. The molecule has 0 bridgehead atoms. The summed E-state index contributed by atoms with van der Waals surface area (Å²) in [7, 11) is 0. The Hall–Kier alpha value is -2.22. The van der Waals surface area contributed by atoms with E-state index >= 15 is 0 Å². The second-order valence-corrected chi connectivity index (χ2v) is 4.18. The van der Waals surface area contributed by atoms with Crippen LogP contribution in [0.5, 0.6) is 0 Å². The number of carbonyl (C=O) groups excluding carboxylic acids is 1. The first-order chi connectivity index (χ1) is 8.67. The number of halogens is 1. The lowest BCUT2D eigenvalue weighted by Crippen LogP contribution is -1.85. The van der Waals surface area contributed by atoms with E-state index < -0.39 is 5.82 Å². The third-order valence-electron chi connectivity index (χ3n) is 2.62. The third-order valence-corrected chi connectivity index (χ3v) is 2.62. The van der Waals surface area contributed by atoms with Crippen molar-refractivity contribution in [2.24, 2.45) is 0 Å². The number of carbonyl (C=O) groups is 1. The van der Waals surface area contributed by atoms with Crippen LogP contribution in [0.2, 0.25) is 0 Å². The van der Waals surface area contributed by atoms with Crippen LogP contribution in [0.3, 0.4) is 0 Å². The van der Waals surface area contributed by atoms with E-state index in [-0.39, 0.29) is 0 Å². The van der Waals surface area contributed by atoms with Crippen molar-refractivity contribution < 1.29 is 9.18 Å². The van der Waals surface area contributed by atoms with Crippen molar-refractivity contribution in [2.75, 3.05) is 0 Å². The predicted octanol–water partition coefficient (Wildman–Crippen LogP) is 4.12.